The van der Waals surface area contributed by atoms with Crippen molar-refractivity contribution in [2.75, 3.05) is 7.11 Å². The zero-order chi connectivity index (χ0) is 19.5. The third-order valence-corrected chi connectivity index (χ3v) is 5.08. The number of nitrogens with zero attached hydrogens (tertiary/aromatic N) is 4. The first kappa shape index (κ1) is 18.8. The van der Waals surface area contributed by atoms with Crippen LogP contribution in [0.5, 0.6) is 5.75 Å². The summed E-state index contributed by atoms with van der Waals surface area (Å²) in [5, 5.41) is 17.0. The van der Waals surface area contributed by atoms with Gasteiger partial charge in [0.1, 0.15) is 5.75 Å². The zero-order valence-electron chi connectivity index (χ0n) is 14.5. The summed E-state index contributed by atoms with van der Waals surface area (Å²) in [6, 6.07) is 12.5. The van der Waals surface area contributed by atoms with Gasteiger partial charge in [-0.05, 0) is 42.5 Å². The first-order chi connectivity index (χ1) is 13.6. The van der Waals surface area contributed by atoms with Gasteiger partial charge in [0.25, 0.3) is 0 Å². The molecule has 2 aromatic carbocycles. The molecule has 1 N–H and O–H groups in total. The Kier molecular flexibility index (Phi) is 5.52. The number of aromatic nitrogens is 5. The van der Waals surface area contributed by atoms with Crippen molar-refractivity contribution in [3.8, 4) is 28.6 Å². The normalized spacial score (nSPS) is 11.0. The van der Waals surface area contributed by atoms with Crippen molar-refractivity contribution in [1.29, 1.82) is 0 Å². The van der Waals surface area contributed by atoms with E-state index >= 15 is 0 Å². The van der Waals surface area contributed by atoms with E-state index in [2.05, 4.69) is 25.4 Å². The van der Waals surface area contributed by atoms with Gasteiger partial charge in [-0.2, -0.15) is 0 Å². The van der Waals surface area contributed by atoms with Gasteiger partial charge < -0.3 is 9.15 Å². The standard InChI is InChI=1S/C18H13Cl2N5O2S/c1-26-14-7-6-12(20)8-13(14)16-21-18(25-23-16)28-9-15-22-24-17(27-15)10-2-4-11(19)5-3-10/h2-8H,9H2,1H3,(H,21,23,25). The van der Waals surface area contributed by atoms with Gasteiger partial charge in [0.2, 0.25) is 16.9 Å². The number of rotatable bonds is 6. The second-order valence-corrected chi connectivity index (χ2v) is 7.42. The highest BCUT2D eigenvalue weighted by Gasteiger charge is 2.14. The zero-order valence-corrected chi connectivity index (χ0v) is 16.8. The van der Waals surface area contributed by atoms with Crippen LogP contribution in [0, 0.1) is 0 Å². The molecule has 10 heteroatoms. The number of benzene rings is 2. The molecule has 7 nitrogen and oxygen atoms in total. The maximum Gasteiger partial charge on any atom is 0.247 e. The van der Waals surface area contributed by atoms with Gasteiger partial charge in [-0.3, -0.25) is 5.10 Å². The molecule has 2 heterocycles. The maximum atomic E-state index is 6.08. The number of hydrogen-bond acceptors (Lipinski definition) is 7. The smallest absolute Gasteiger partial charge is 0.247 e. The van der Waals surface area contributed by atoms with Crippen LogP contribution >= 0.6 is 35.0 Å². The van der Waals surface area contributed by atoms with Crippen LogP contribution in [0.3, 0.4) is 0 Å². The summed E-state index contributed by atoms with van der Waals surface area (Å²) in [6.45, 7) is 0. The molecule has 0 bridgehead atoms. The molecular formula is C18H13Cl2N5O2S. The summed E-state index contributed by atoms with van der Waals surface area (Å²) in [4.78, 5) is 4.47. The molecule has 0 saturated heterocycles. The van der Waals surface area contributed by atoms with Gasteiger partial charge >= 0.3 is 0 Å². The first-order valence-electron chi connectivity index (χ1n) is 8.10. The molecule has 0 aliphatic carbocycles. The van der Waals surface area contributed by atoms with E-state index in [4.69, 9.17) is 32.4 Å². The molecule has 0 unspecified atom stereocenters. The van der Waals surface area contributed by atoms with Crippen molar-refractivity contribution < 1.29 is 9.15 Å². The maximum absolute atomic E-state index is 6.08. The van der Waals surface area contributed by atoms with Crippen LogP contribution in [0.25, 0.3) is 22.8 Å². The Bertz CT molecular complexity index is 1100. The average Bonchev–Trinajstić information content (AvgIpc) is 3.36. The summed E-state index contributed by atoms with van der Waals surface area (Å²) in [5.74, 6) is 2.56. The topological polar surface area (TPSA) is 89.7 Å². The fourth-order valence-electron chi connectivity index (χ4n) is 2.44. The van der Waals surface area contributed by atoms with Crippen LogP contribution in [-0.2, 0) is 5.75 Å². The summed E-state index contributed by atoms with van der Waals surface area (Å²) < 4.78 is 11.0. The molecule has 4 aromatic rings. The Morgan fingerprint density at radius 3 is 2.64 bits per heavy atom. The number of ether oxygens (including phenoxy) is 1. The predicted molar refractivity (Wildman–Crippen MR) is 108 cm³/mol. The van der Waals surface area contributed by atoms with Crippen LogP contribution in [-0.4, -0.2) is 32.5 Å². The predicted octanol–water partition coefficient (Wildman–Crippen LogP) is 5.13. The van der Waals surface area contributed by atoms with Crippen LogP contribution in [0.2, 0.25) is 10.0 Å². The first-order valence-corrected chi connectivity index (χ1v) is 9.84. The molecule has 2 aromatic heterocycles. The number of nitrogens with one attached hydrogen (secondary N) is 1. The van der Waals surface area contributed by atoms with Gasteiger partial charge in [0.05, 0.1) is 18.4 Å². The van der Waals surface area contributed by atoms with E-state index in [1.165, 1.54) is 11.8 Å². The van der Waals surface area contributed by atoms with Crippen LogP contribution in [0.4, 0.5) is 0 Å². The molecule has 0 spiro atoms. The van der Waals surface area contributed by atoms with E-state index in [9.17, 15) is 0 Å². The highest BCUT2D eigenvalue weighted by molar-refractivity contribution is 7.98. The lowest BCUT2D eigenvalue weighted by atomic mass is 10.2. The summed E-state index contributed by atoms with van der Waals surface area (Å²) >= 11 is 13.3. The van der Waals surface area contributed by atoms with E-state index in [0.717, 1.165) is 11.1 Å². The number of methoxy groups -OCH3 is 1. The molecule has 0 fully saturated rings. The Balaban J connectivity index is 1.46. The van der Waals surface area contributed by atoms with Crippen molar-refractivity contribution in [3.05, 3.63) is 58.4 Å². The number of hydrogen-bond donors (Lipinski definition) is 1. The SMILES string of the molecule is COc1ccc(Cl)cc1-c1nc(SCc2nnc(-c3ccc(Cl)cc3)o2)n[nH]1. The van der Waals surface area contributed by atoms with E-state index in [0.29, 0.717) is 44.3 Å². The number of thioether (sulfide) groups is 1. The van der Waals surface area contributed by atoms with Crippen molar-refractivity contribution in [2.24, 2.45) is 0 Å². The van der Waals surface area contributed by atoms with E-state index in [1.54, 1.807) is 37.4 Å². The Morgan fingerprint density at radius 2 is 1.86 bits per heavy atom. The number of aromatic amines is 1. The fourth-order valence-corrected chi connectivity index (χ4v) is 3.38. The minimum absolute atomic E-state index is 0.435. The van der Waals surface area contributed by atoms with Crippen molar-refractivity contribution >= 4 is 35.0 Å². The molecule has 142 valence electrons. The lowest BCUT2D eigenvalue weighted by molar-refractivity contribution is 0.416. The average molecular weight is 434 g/mol. The van der Waals surface area contributed by atoms with Crippen LogP contribution in [0.15, 0.2) is 52.0 Å². The van der Waals surface area contributed by atoms with Crippen LogP contribution < -0.4 is 4.74 Å². The van der Waals surface area contributed by atoms with E-state index in [1.807, 2.05) is 12.1 Å². The molecule has 0 atom stereocenters. The Labute approximate surface area is 174 Å². The summed E-state index contributed by atoms with van der Waals surface area (Å²) in [5.41, 5.74) is 1.54. The molecule has 0 amide bonds. The minimum Gasteiger partial charge on any atom is -0.496 e. The molecule has 28 heavy (non-hydrogen) atoms. The molecular weight excluding hydrogens is 421 g/mol. The Hall–Kier alpha value is -2.55. The molecule has 0 radical (unpaired) electrons. The van der Waals surface area contributed by atoms with Crippen molar-refractivity contribution in [1.82, 2.24) is 25.4 Å². The Morgan fingerprint density at radius 1 is 1.07 bits per heavy atom. The number of halogens is 2. The van der Waals surface area contributed by atoms with Gasteiger partial charge in [0, 0.05) is 15.6 Å². The number of H-pyrrole nitrogens is 1. The second kappa shape index (κ2) is 8.22. The molecule has 0 aliphatic heterocycles. The highest BCUT2D eigenvalue weighted by atomic mass is 35.5. The van der Waals surface area contributed by atoms with Crippen LogP contribution in [0.1, 0.15) is 5.89 Å². The lowest BCUT2D eigenvalue weighted by Gasteiger charge is -2.05. The van der Waals surface area contributed by atoms with Crippen molar-refractivity contribution in [2.45, 2.75) is 10.9 Å². The molecule has 0 saturated carbocycles. The van der Waals surface area contributed by atoms with E-state index < -0.39 is 0 Å². The monoisotopic (exact) mass is 433 g/mol. The van der Waals surface area contributed by atoms with E-state index in [-0.39, 0.29) is 0 Å². The summed E-state index contributed by atoms with van der Waals surface area (Å²) in [6.07, 6.45) is 0. The van der Waals surface area contributed by atoms with Crippen molar-refractivity contribution in [3.63, 3.8) is 0 Å². The lowest BCUT2D eigenvalue weighted by Crippen LogP contribution is -1.89. The summed E-state index contributed by atoms with van der Waals surface area (Å²) in [7, 11) is 1.59. The van der Waals surface area contributed by atoms with Gasteiger partial charge in [-0.15, -0.1) is 15.3 Å². The second-order valence-electron chi connectivity index (χ2n) is 5.61. The quantitative estimate of drug-likeness (QED) is 0.421. The minimum atomic E-state index is 0.435. The highest BCUT2D eigenvalue weighted by Crippen LogP contribution is 2.31. The molecule has 4 rings (SSSR count). The third kappa shape index (κ3) is 4.14. The van der Waals surface area contributed by atoms with Gasteiger partial charge in [-0.25, -0.2) is 4.98 Å². The third-order valence-electron chi connectivity index (χ3n) is 3.76. The van der Waals surface area contributed by atoms with Gasteiger partial charge in [-0.1, -0.05) is 35.0 Å². The molecule has 0 aliphatic rings. The fraction of sp³-hybridized carbons (Fsp3) is 0.111. The largest absolute Gasteiger partial charge is 0.496 e. The van der Waals surface area contributed by atoms with Gasteiger partial charge in [0.15, 0.2) is 5.82 Å².